The molecule has 7 nitrogen and oxygen atoms in total. The van der Waals surface area contributed by atoms with Crippen LogP contribution in [-0.4, -0.2) is 42.9 Å². The van der Waals surface area contributed by atoms with Crippen molar-refractivity contribution in [3.8, 4) is 0 Å². The molecule has 1 aliphatic heterocycles. The van der Waals surface area contributed by atoms with E-state index in [1.165, 1.54) is 12.1 Å². The van der Waals surface area contributed by atoms with E-state index in [4.69, 9.17) is 9.47 Å². The summed E-state index contributed by atoms with van der Waals surface area (Å²) in [4.78, 5) is 52.5. The second-order valence-electron chi connectivity index (χ2n) is 6.83. The van der Waals surface area contributed by atoms with E-state index in [0.29, 0.717) is 5.56 Å². The molecule has 1 unspecified atom stereocenters. The quantitative estimate of drug-likeness (QED) is 0.423. The lowest BCUT2D eigenvalue weighted by atomic mass is 9.72. The number of imide groups is 1. The Hall–Kier alpha value is -3.55. The molecule has 1 saturated heterocycles. The van der Waals surface area contributed by atoms with Crippen LogP contribution in [0.25, 0.3) is 0 Å². The maximum absolute atomic E-state index is 13.4. The van der Waals surface area contributed by atoms with Crippen molar-refractivity contribution in [1.29, 1.82) is 0 Å². The summed E-state index contributed by atoms with van der Waals surface area (Å²) in [6, 6.07) is 13.6. The van der Waals surface area contributed by atoms with E-state index < -0.39 is 47.3 Å². The number of methoxy groups -OCH3 is 2. The van der Waals surface area contributed by atoms with Gasteiger partial charge in [-0.15, -0.1) is 0 Å². The summed E-state index contributed by atoms with van der Waals surface area (Å²) in [5.74, 6) is -8.02. The highest BCUT2D eigenvalue weighted by Gasteiger charge is 2.55. The average molecular weight is 413 g/mol. The number of benzene rings is 2. The Bertz CT molecular complexity index is 923. The number of halogens is 1. The smallest absolute Gasteiger partial charge is 0.318 e. The zero-order valence-corrected chi connectivity index (χ0v) is 16.4. The predicted octanol–water partition coefficient (Wildman–Crippen LogP) is 2.06. The lowest BCUT2D eigenvalue weighted by molar-refractivity contribution is -0.171. The number of esters is 2. The van der Waals surface area contributed by atoms with Crippen LogP contribution in [0.4, 0.5) is 4.39 Å². The third-order valence-corrected chi connectivity index (χ3v) is 5.13. The van der Waals surface area contributed by atoms with Crippen molar-refractivity contribution < 1.29 is 33.0 Å². The van der Waals surface area contributed by atoms with E-state index in [1.54, 1.807) is 30.3 Å². The molecule has 1 fully saturated rings. The molecule has 2 amide bonds. The van der Waals surface area contributed by atoms with E-state index in [1.807, 2.05) is 0 Å². The van der Waals surface area contributed by atoms with Crippen LogP contribution in [-0.2, 0) is 35.2 Å². The van der Waals surface area contributed by atoms with Crippen LogP contribution in [0.1, 0.15) is 17.0 Å². The standard InChI is InChI=1S/C22H20FNO6/c1-29-21(27)17-16(14-8-10-15(23)11-9-14)18(22(28)30-2)20(26)24(19(17)25)12-13-6-4-3-5-7-13/h3-11,16-18H,12H2,1-2H3/t16?,17-,18+. The summed E-state index contributed by atoms with van der Waals surface area (Å²) in [5, 5.41) is 0. The zero-order valence-electron chi connectivity index (χ0n) is 16.4. The van der Waals surface area contributed by atoms with E-state index >= 15 is 0 Å². The molecule has 2 aromatic carbocycles. The molecule has 0 aliphatic carbocycles. The second kappa shape index (κ2) is 8.86. The molecule has 1 aliphatic rings. The van der Waals surface area contributed by atoms with Crippen LogP contribution in [0.15, 0.2) is 54.6 Å². The molecule has 0 bridgehead atoms. The first-order valence-corrected chi connectivity index (χ1v) is 9.19. The van der Waals surface area contributed by atoms with Crippen LogP contribution in [0.3, 0.4) is 0 Å². The van der Waals surface area contributed by atoms with E-state index in [9.17, 15) is 23.6 Å². The minimum absolute atomic E-state index is 0.115. The normalized spacial score (nSPS) is 21.3. The van der Waals surface area contributed by atoms with E-state index in [0.717, 1.165) is 31.3 Å². The fourth-order valence-electron chi connectivity index (χ4n) is 3.68. The summed E-state index contributed by atoms with van der Waals surface area (Å²) in [7, 11) is 2.23. The van der Waals surface area contributed by atoms with Gasteiger partial charge < -0.3 is 9.47 Å². The average Bonchev–Trinajstić information content (AvgIpc) is 2.76. The number of carbonyl (C=O) groups excluding carboxylic acids is 4. The van der Waals surface area contributed by atoms with Crippen molar-refractivity contribution in [2.45, 2.75) is 12.5 Å². The highest BCUT2D eigenvalue weighted by atomic mass is 19.1. The van der Waals surface area contributed by atoms with Gasteiger partial charge in [0, 0.05) is 5.92 Å². The monoisotopic (exact) mass is 413 g/mol. The van der Waals surface area contributed by atoms with Crippen molar-refractivity contribution in [3.63, 3.8) is 0 Å². The molecule has 1 heterocycles. The van der Waals surface area contributed by atoms with Gasteiger partial charge in [0.15, 0.2) is 0 Å². The van der Waals surface area contributed by atoms with Crippen molar-refractivity contribution in [2.24, 2.45) is 11.8 Å². The number of hydrogen-bond donors (Lipinski definition) is 0. The molecular formula is C22H20FNO6. The number of ether oxygens (including phenoxy) is 2. The highest BCUT2D eigenvalue weighted by molar-refractivity contribution is 6.14. The molecule has 0 spiro atoms. The third-order valence-electron chi connectivity index (χ3n) is 5.13. The van der Waals surface area contributed by atoms with Crippen molar-refractivity contribution in [3.05, 3.63) is 71.5 Å². The number of piperidine rings is 1. The van der Waals surface area contributed by atoms with Gasteiger partial charge in [-0.2, -0.15) is 0 Å². The lowest BCUT2D eigenvalue weighted by Crippen LogP contribution is -2.57. The number of likely N-dealkylation sites (tertiary alicyclic amines) is 1. The summed E-state index contributed by atoms with van der Waals surface area (Å²) in [6.45, 7) is -0.115. The lowest BCUT2D eigenvalue weighted by Gasteiger charge is -2.39. The van der Waals surface area contributed by atoms with Crippen molar-refractivity contribution in [2.75, 3.05) is 14.2 Å². The Balaban J connectivity index is 2.11. The summed E-state index contributed by atoms with van der Waals surface area (Å²) in [6.07, 6.45) is 0. The highest BCUT2D eigenvalue weighted by Crippen LogP contribution is 2.40. The molecule has 30 heavy (non-hydrogen) atoms. The topological polar surface area (TPSA) is 90.0 Å². The second-order valence-corrected chi connectivity index (χ2v) is 6.83. The molecule has 0 N–H and O–H groups in total. The van der Waals surface area contributed by atoms with Crippen LogP contribution < -0.4 is 0 Å². The van der Waals surface area contributed by atoms with Gasteiger partial charge in [-0.25, -0.2) is 4.39 Å². The Morgan fingerprint density at radius 2 is 1.37 bits per heavy atom. The van der Waals surface area contributed by atoms with Crippen LogP contribution in [0, 0.1) is 17.7 Å². The van der Waals surface area contributed by atoms with Crippen molar-refractivity contribution >= 4 is 23.8 Å². The van der Waals surface area contributed by atoms with Gasteiger partial charge in [0.25, 0.3) is 0 Å². The molecule has 8 heteroatoms. The molecule has 2 aromatic rings. The number of hydrogen-bond acceptors (Lipinski definition) is 6. The number of carbonyl (C=O) groups is 4. The fourth-order valence-corrected chi connectivity index (χ4v) is 3.68. The molecule has 156 valence electrons. The van der Waals surface area contributed by atoms with Crippen LogP contribution >= 0.6 is 0 Å². The first-order chi connectivity index (χ1) is 14.4. The maximum Gasteiger partial charge on any atom is 0.318 e. The van der Waals surface area contributed by atoms with Gasteiger partial charge in [0.2, 0.25) is 11.8 Å². The number of rotatable bonds is 5. The Morgan fingerprint density at radius 3 is 1.83 bits per heavy atom. The van der Waals surface area contributed by atoms with E-state index in [-0.39, 0.29) is 12.1 Å². The van der Waals surface area contributed by atoms with E-state index in [2.05, 4.69) is 0 Å². The molecule has 3 atom stereocenters. The molecule has 0 saturated carbocycles. The summed E-state index contributed by atoms with van der Waals surface area (Å²) < 4.78 is 23.0. The molecule has 3 rings (SSSR count). The van der Waals surface area contributed by atoms with Gasteiger partial charge in [-0.3, -0.25) is 24.1 Å². The fraction of sp³-hybridized carbons (Fsp3) is 0.273. The molecular weight excluding hydrogens is 393 g/mol. The first kappa shape index (κ1) is 21.2. The third kappa shape index (κ3) is 3.94. The minimum atomic E-state index is -1.47. The van der Waals surface area contributed by atoms with Gasteiger partial charge in [0.05, 0.1) is 20.8 Å². The zero-order chi connectivity index (χ0) is 21.8. The Morgan fingerprint density at radius 1 is 0.867 bits per heavy atom. The SMILES string of the molecule is COC(=O)[C@@H]1C(=O)N(Cc2ccccc2)C(=O)[C@H](C(=O)OC)C1c1ccc(F)cc1. The molecule has 0 radical (unpaired) electrons. The number of nitrogens with zero attached hydrogens (tertiary/aromatic N) is 1. The minimum Gasteiger partial charge on any atom is -0.468 e. The Kier molecular flexibility index (Phi) is 6.25. The first-order valence-electron chi connectivity index (χ1n) is 9.19. The Labute approximate surface area is 172 Å². The van der Waals surface area contributed by atoms with Crippen LogP contribution in [0.2, 0.25) is 0 Å². The van der Waals surface area contributed by atoms with Gasteiger partial charge >= 0.3 is 11.9 Å². The van der Waals surface area contributed by atoms with Crippen LogP contribution in [0.5, 0.6) is 0 Å². The largest absolute Gasteiger partial charge is 0.468 e. The summed E-state index contributed by atoms with van der Waals surface area (Å²) >= 11 is 0. The van der Waals surface area contributed by atoms with Crippen molar-refractivity contribution in [1.82, 2.24) is 4.90 Å². The maximum atomic E-state index is 13.4. The summed E-state index contributed by atoms with van der Waals surface area (Å²) in [5.41, 5.74) is 0.926. The number of amides is 2. The molecule has 0 aromatic heterocycles. The van der Waals surface area contributed by atoms with Gasteiger partial charge in [0.1, 0.15) is 17.7 Å². The van der Waals surface area contributed by atoms with Gasteiger partial charge in [-0.05, 0) is 23.3 Å². The van der Waals surface area contributed by atoms with Gasteiger partial charge in [-0.1, -0.05) is 42.5 Å². The predicted molar refractivity (Wildman–Crippen MR) is 102 cm³/mol.